The summed E-state index contributed by atoms with van der Waals surface area (Å²) in [6.45, 7) is 3.55. The van der Waals surface area contributed by atoms with Crippen molar-refractivity contribution in [2.24, 2.45) is 0 Å². The van der Waals surface area contributed by atoms with Crippen LogP contribution in [0.4, 0.5) is 8.78 Å². The maximum atomic E-state index is 13.4. The number of hydrogen-bond donors (Lipinski definition) is 0. The first-order chi connectivity index (χ1) is 10.5. The minimum Gasteiger partial charge on any atom is -0.465 e. The van der Waals surface area contributed by atoms with Gasteiger partial charge in [-0.05, 0) is 38.7 Å². The number of thioether (sulfide) groups is 1. The van der Waals surface area contributed by atoms with Crippen LogP contribution in [0.25, 0.3) is 0 Å². The molecule has 1 aliphatic carbocycles. The highest BCUT2D eigenvalue weighted by molar-refractivity contribution is 8.00. The number of ether oxygens (including phenoxy) is 1. The van der Waals surface area contributed by atoms with Crippen LogP contribution >= 0.6 is 11.8 Å². The van der Waals surface area contributed by atoms with Gasteiger partial charge in [0.05, 0.1) is 12.2 Å². The highest BCUT2D eigenvalue weighted by atomic mass is 32.2. The molecule has 118 valence electrons. The van der Waals surface area contributed by atoms with Crippen molar-refractivity contribution in [3.63, 3.8) is 0 Å². The Morgan fingerprint density at radius 2 is 2.23 bits per heavy atom. The highest BCUT2D eigenvalue weighted by Crippen LogP contribution is 2.38. The molecule has 22 heavy (non-hydrogen) atoms. The Morgan fingerprint density at radius 3 is 2.82 bits per heavy atom. The van der Waals surface area contributed by atoms with E-state index in [0.717, 1.165) is 18.2 Å². The number of fused-ring (bicyclic) bond motifs is 1. The second-order valence-corrected chi connectivity index (χ2v) is 6.24. The van der Waals surface area contributed by atoms with Crippen LogP contribution in [-0.2, 0) is 22.4 Å². The monoisotopic (exact) mass is 326 g/mol. The van der Waals surface area contributed by atoms with Gasteiger partial charge in [0.1, 0.15) is 16.3 Å². The van der Waals surface area contributed by atoms with Crippen LogP contribution in [0, 0.1) is 11.3 Å². The lowest BCUT2D eigenvalue weighted by Gasteiger charge is -2.15. The molecular formula is C15H16F2N2O2S. The van der Waals surface area contributed by atoms with Crippen molar-refractivity contribution in [1.29, 1.82) is 5.26 Å². The van der Waals surface area contributed by atoms with E-state index in [1.807, 2.05) is 6.07 Å². The van der Waals surface area contributed by atoms with E-state index in [9.17, 15) is 18.8 Å². The van der Waals surface area contributed by atoms with Crippen molar-refractivity contribution < 1.29 is 18.3 Å². The minimum atomic E-state index is -2.72. The summed E-state index contributed by atoms with van der Waals surface area (Å²) in [5, 5.41) is 8.87. The number of rotatable bonds is 5. The Morgan fingerprint density at radius 1 is 1.50 bits per heavy atom. The van der Waals surface area contributed by atoms with Crippen LogP contribution in [0.3, 0.4) is 0 Å². The van der Waals surface area contributed by atoms with E-state index >= 15 is 0 Å². The molecule has 7 heteroatoms. The van der Waals surface area contributed by atoms with Gasteiger partial charge >= 0.3 is 5.97 Å². The fourth-order valence-corrected chi connectivity index (χ4v) is 3.43. The second-order valence-electron chi connectivity index (χ2n) is 4.91. The fraction of sp³-hybridized carbons (Fsp3) is 0.533. The van der Waals surface area contributed by atoms with Gasteiger partial charge in [0.15, 0.2) is 0 Å². The average Bonchev–Trinajstić information content (AvgIpc) is 2.93. The minimum absolute atomic E-state index is 0.114. The van der Waals surface area contributed by atoms with Gasteiger partial charge in [0.2, 0.25) is 0 Å². The maximum Gasteiger partial charge on any atom is 0.319 e. The van der Waals surface area contributed by atoms with Gasteiger partial charge in [0.25, 0.3) is 6.43 Å². The molecule has 0 bridgehead atoms. The number of nitriles is 1. The van der Waals surface area contributed by atoms with E-state index in [-0.39, 0.29) is 22.8 Å². The molecule has 0 aliphatic heterocycles. The van der Waals surface area contributed by atoms with Gasteiger partial charge in [-0.1, -0.05) is 11.8 Å². The molecule has 0 spiro atoms. The highest BCUT2D eigenvalue weighted by Gasteiger charge is 2.29. The molecule has 0 radical (unpaired) electrons. The molecule has 1 aromatic heterocycles. The van der Waals surface area contributed by atoms with Gasteiger partial charge in [-0.2, -0.15) is 5.26 Å². The first kappa shape index (κ1) is 16.7. The van der Waals surface area contributed by atoms with E-state index < -0.39 is 17.6 Å². The van der Waals surface area contributed by atoms with E-state index in [1.165, 1.54) is 0 Å². The number of aryl methyl sites for hydroxylation is 1. The number of hydrogen-bond acceptors (Lipinski definition) is 5. The number of alkyl halides is 2. The Bertz CT molecular complexity index is 629. The molecule has 1 unspecified atom stereocenters. The van der Waals surface area contributed by atoms with E-state index in [1.54, 1.807) is 13.8 Å². The summed E-state index contributed by atoms with van der Waals surface area (Å²) in [5.74, 6) is -0.447. The van der Waals surface area contributed by atoms with Crippen LogP contribution < -0.4 is 0 Å². The molecule has 2 rings (SSSR count). The van der Waals surface area contributed by atoms with Crippen molar-refractivity contribution in [2.75, 3.05) is 6.61 Å². The first-order valence-electron chi connectivity index (χ1n) is 7.06. The molecule has 1 aromatic rings. The molecule has 0 N–H and O–H groups in total. The summed E-state index contributed by atoms with van der Waals surface area (Å²) >= 11 is 0.999. The number of nitrogens with zero attached hydrogens (tertiary/aromatic N) is 2. The van der Waals surface area contributed by atoms with Gasteiger partial charge < -0.3 is 4.74 Å². The molecular weight excluding hydrogens is 310 g/mol. The van der Waals surface area contributed by atoms with Crippen LogP contribution in [0.1, 0.15) is 49.1 Å². The van der Waals surface area contributed by atoms with E-state index in [0.29, 0.717) is 24.1 Å². The number of halogens is 2. The largest absolute Gasteiger partial charge is 0.465 e. The van der Waals surface area contributed by atoms with Crippen molar-refractivity contribution in [1.82, 2.24) is 4.98 Å². The van der Waals surface area contributed by atoms with Crippen molar-refractivity contribution >= 4 is 17.7 Å². The number of esters is 1. The Kier molecular flexibility index (Phi) is 5.35. The standard InChI is InChI=1S/C15H16F2N2O2S/c1-3-21-15(20)8(2)22-14-10(7-18)12(13(16)17)9-5-4-6-11(9)19-14/h8,13H,3-6H2,1-2H3. The molecule has 0 saturated heterocycles. The molecule has 0 saturated carbocycles. The summed E-state index contributed by atoms with van der Waals surface area (Å²) in [5.41, 5.74) is 0.785. The Hall–Kier alpha value is -1.68. The molecule has 1 heterocycles. The third-order valence-corrected chi connectivity index (χ3v) is 4.54. The zero-order chi connectivity index (χ0) is 16.3. The van der Waals surface area contributed by atoms with Gasteiger partial charge in [0, 0.05) is 11.3 Å². The lowest BCUT2D eigenvalue weighted by molar-refractivity contribution is -0.142. The summed E-state index contributed by atoms with van der Waals surface area (Å²) in [4.78, 5) is 16.0. The van der Waals surface area contributed by atoms with Crippen molar-refractivity contribution in [3.8, 4) is 6.07 Å². The fourth-order valence-electron chi connectivity index (χ4n) is 2.50. The van der Waals surface area contributed by atoms with Crippen LogP contribution in [0.2, 0.25) is 0 Å². The van der Waals surface area contributed by atoms with Crippen LogP contribution in [0.5, 0.6) is 0 Å². The summed E-state index contributed by atoms with van der Waals surface area (Å²) in [6.07, 6.45) is -0.812. The molecule has 0 fully saturated rings. The zero-order valence-corrected chi connectivity index (χ0v) is 13.2. The summed E-state index contributed by atoms with van der Waals surface area (Å²) in [7, 11) is 0. The summed E-state index contributed by atoms with van der Waals surface area (Å²) in [6, 6.07) is 1.84. The normalized spacial score (nSPS) is 14.5. The van der Waals surface area contributed by atoms with Gasteiger partial charge in [-0.15, -0.1) is 0 Å². The Labute approximate surface area is 131 Å². The average molecular weight is 326 g/mol. The van der Waals surface area contributed by atoms with Crippen molar-refractivity contribution in [2.45, 2.75) is 49.8 Å². The lowest BCUT2D eigenvalue weighted by Crippen LogP contribution is -2.17. The first-order valence-corrected chi connectivity index (χ1v) is 7.94. The third kappa shape index (κ3) is 3.22. The SMILES string of the molecule is CCOC(=O)C(C)Sc1nc2c(c(C(F)F)c1C#N)CCC2. The maximum absolute atomic E-state index is 13.4. The molecule has 0 amide bonds. The number of aromatic nitrogens is 1. The smallest absolute Gasteiger partial charge is 0.319 e. The number of pyridine rings is 1. The summed E-state index contributed by atoms with van der Waals surface area (Å²) < 4.78 is 31.7. The lowest BCUT2D eigenvalue weighted by atomic mass is 10.0. The predicted molar refractivity (Wildman–Crippen MR) is 77.9 cm³/mol. The molecule has 4 nitrogen and oxygen atoms in total. The van der Waals surface area contributed by atoms with Crippen molar-refractivity contribution in [3.05, 3.63) is 22.4 Å². The topological polar surface area (TPSA) is 63.0 Å². The van der Waals surface area contributed by atoms with E-state index in [4.69, 9.17) is 4.74 Å². The predicted octanol–water partition coefficient (Wildman–Crippen LogP) is 3.42. The van der Waals surface area contributed by atoms with Crippen LogP contribution in [0.15, 0.2) is 5.03 Å². The number of carbonyl (C=O) groups excluding carboxylic acids is 1. The number of carbonyl (C=O) groups is 1. The third-order valence-electron chi connectivity index (χ3n) is 3.47. The van der Waals surface area contributed by atoms with Crippen LogP contribution in [-0.4, -0.2) is 22.8 Å². The quantitative estimate of drug-likeness (QED) is 0.613. The molecule has 0 aromatic carbocycles. The molecule has 1 aliphatic rings. The van der Waals surface area contributed by atoms with E-state index in [2.05, 4.69) is 4.98 Å². The second kappa shape index (κ2) is 7.05. The molecule has 1 atom stereocenters. The van der Waals surface area contributed by atoms with Gasteiger partial charge in [-0.25, -0.2) is 13.8 Å². The Balaban J connectivity index is 2.42. The van der Waals surface area contributed by atoms with Gasteiger partial charge in [-0.3, -0.25) is 4.79 Å². The zero-order valence-electron chi connectivity index (χ0n) is 12.4.